The lowest BCUT2D eigenvalue weighted by molar-refractivity contribution is -0.116. The number of nitrogens with zero attached hydrogens (tertiary/aromatic N) is 2. The van der Waals surface area contributed by atoms with Crippen LogP contribution in [-0.2, 0) is 16.6 Å². The van der Waals surface area contributed by atoms with Crippen molar-refractivity contribution in [3.8, 4) is 0 Å². The Labute approximate surface area is 147 Å². The quantitative estimate of drug-likeness (QED) is 0.705. The van der Waals surface area contributed by atoms with E-state index in [9.17, 15) is 14.4 Å². The first-order valence-electron chi connectivity index (χ1n) is 7.96. The molecule has 0 saturated heterocycles. The van der Waals surface area contributed by atoms with Crippen molar-refractivity contribution in [3.63, 3.8) is 0 Å². The molecule has 1 unspecified atom stereocenters. The van der Waals surface area contributed by atoms with Gasteiger partial charge in [0.2, 0.25) is 5.91 Å². The first kappa shape index (κ1) is 16.1. The fourth-order valence-corrected chi connectivity index (χ4v) is 3.21. The Hall–Kier alpha value is -3.42. The molecule has 1 amide bonds. The Morgan fingerprint density at radius 1 is 1.35 bits per heavy atom. The lowest BCUT2D eigenvalue weighted by Gasteiger charge is -2.25. The number of amides is 1. The predicted molar refractivity (Wildman–Crippen MR) is 92.1 cm³/mol. The highest BCUT2D eigenvalue weighted by Crippen LogP contribution is 2.38. The molecule has 2 aromatic heterocycles. The highest BCUT2D eigenvalue weighted by Gasteiger charge is 2.29. The van der Waals surface area contributed by atoms with Crippen LogP contribution < -0.4 is 11.1 Å². The van der Waals surface area contributed by atoms with E-state index in [0.29, 0.717) is 22.5 Å². The molecule has 4 rings (SSSR count). The summed E-state index contributed by atoms with van der Waals surface area (Å²) in [6.45, 7) is 0. The number of aryl methyl sites for hydroxylation is 1. The maximum absolute atomic E-state index is 12.2. The Morgan fingerprint density at radius 3 is 2.92 bits per heavy atom. The van der Waals surface area contributed by atoms with Crippen LogP contribution in [0.1, 0.15) is 34.1 Å². The minimum absolute atomic E-state index is 0.175. The molecule has 8 nitrogen and oxygen atoms in total. The van der Waals surface area contributed by atoms with Gasteiger partial charge in [-0.3, -0.25) is 9.36 Å². The minimum atomic E-state index is -0.542. The van der Waals surface area contributed by atoms with Crippen LogP contribution in [0.15, 0.2) is 39.5 Å². The number of hydrogen-bond donors (Lipinski definition) is 1. The molecule has 3 heterocycles. The third kappa shape index (κ3) is 2.46. The van der Waals surface area contributed by atoms with Crippen molar-refractivity contribution in [2.75, 3.05) is 12.4 Å². The molecule has 0 saturated carbocycles. The molecule has 0 fully saturated rings. The zero-order chi connectivity index (χ0) is 18.4. The average Bonchev–Trinajstić information content (AvgIpc) is 2.92. The van der Waals surface area contributed by atoms with E-state index in [4.69, 9.17) is 9.15 Å². The van der Waals surface area contributed by atoms with Gasteiger partial charge in [0.15, 0.2) is 5.58 Å². The number of carbonyl (C=O) groups excluding carboxylic acids is 2. The summed E-state index contributed by atoms with van der Waals surface area (Å²) in [5.41, 5.74) is 3.15. The molecule has 1 atom stereocenters. The lowest BCUT2D eigenvalue weighted by atomic mass is 9.87. The van der Waals surface area contributed by atoms with Gasteiger partial charge >= 0.3 is 11.7 Å². The van der Waals surface area contributed by atoms with Crippen LogP contribution in [0, 0.1) is 0 Å². The maximum Gasteiger partial charge on any atom is 0.419 e. The SMILES string of the molecule is COC(=O)c1cccc(C2CC(=O)Nc3cc4oc(=O)n(C)c4cc32)n1. The number of hydrogen-bond acceptors (Lipinski definition) is 6. The number of ether oxygens (including phenoxy) is 1. The van der Waals surface area contributed by atoms with Crippen LogP contribution >= 0.6 is 0 Å². The molecular formula is C18H15N3O5. The Morgan fingerprint density at radius 2 is 2.15 bits per heavy atom. The molecule has 0 spiro atoms. The van der Waals surface area contributed by atoms with Gasteiger partial charge in [-0.2, -0.15) is 0 Å². The molecule has 3 aromatic rings. The van der Waals surface area contributed by atoms with E-state index in [2.05, 4.69) is 10.3 Å². The van der Waals surface area contributed by atoms with Gasteiger partial charge in [0.05, 0.1) is 12.6 Å². The predicted octanol–water partition coefficient (Wildman–Crippen LogP) is 1.79. The van der Waals surface area contributed by atoms with E-state index in [1.807, 2.05) is 6.07 Å². The van der Waals surface area contributed by atoms with Crippen LogP contribution in [0.2, 0.25) is 0 Å². The van der Waals surface area contributed by atoms with Crippen molar-refractivity contribution in [1.82, 2.24) is 9.55 Å². The standard InChI is InChI=1S/C18H15N3O5/c1-21-14-6-9-10(11-4-3-5-12(19-11)17(23)25-2)7-16(22)20-13(9)8-15(14)26-18(21)24/h3-6,8,10H,7H2,1-2H3,(H,20,22). The summed E-state index contributed by atoms with van der Waals surface area (Å²) in [5, 5.41) is 2.80. The lowest BCUT2D eigenvalue weighted by Crippen LogP contribution is -2.24. The number of nitrogens with one attached hydrogen (secondary N) is 1. The van der Waals surface area contributed by atoms with Crippen molar-refractivity contribution in [2.45, 2.75) is 12.3 Å². The number of oxazole rings is 1. The summed E-state index contributed by atoms with van der Waals surface area (Å²) in [6, 6.07) is 8.47. The zero-order valence-corrected chi connectivity index (χ0v) is 14.1. The summed E-state index contributed by atoms with van der Waals surface area (Å²) in [7, 11) is 2.91. The molecule has 1 N–H and O–H groups in total. The summed E-state index contributed by atoms with van der Waals surface area (Å²) < 4.78 is 11.3. The van der Waals surface area contributed by atoms with Gasteiger partial charge in [0, 0.05) is 36.8 Å². The van der Waals surface area contributed by atoms with Gasteiger partial charge in [-0.15, -0.1) is 0 Å². The van der Waals surface area contributed by atoms with E-state index in [0.717, 1.165) is 5.56 Å². The summed E-state index contributed by atoms with van der Waals surface area (Å²) in [4.78, 5) is 40.1. The number of fused-ring (bicyclic) bond motifs is 2. The first-order valence-corrected chi connectivity index (χ1v) is 7.96. The van der Waals surface area contributed by atoms with Crippen molar-refractivity contribution < 1.29 is 18.7 Å². The Kier molecular flexibility index (Phi) is 3.61. The highest BCUT2D eigenvalue weighted by molar-refractivity contribution is 5.98. The number of esters is 1. The largest absolute Gasteiger partial charge is 0.464 e. The Bertz CT molecular complexity index is 1110. The van der Waals surface area contributed by atoms with E-state index in [-0.39, 0.29) is 23.9 Å². The molecule has 8 heteroatoms. The zero-order valence-electron chi connectivity index (χ0n) is 14.1. The topological polar surface area (TPSA) is 103 Å². The minimum Gasteiger partial charge on any atom is -0.464 e. The van der Waals surface area contributed by atoms with Gasteiger partial charge in [-0.25, -0.2) is 14.6 Å². The number of methoxy groups -OCH3 is 1. The van der Waals surface area contributed by atoms with Gasteiger partial charge in [0.1, 0.15) is 5.69 Å². The second-order valence-electron chi connectivity index (χ2n) is 6.08. The van der Waals surface area contributed by atoms with Gasteiger partial charge < -0.3 is 14.5 Å². The van der Waals surface area contributed by atoms with E-state index in [1.54, 1.807) is 31.3 Å². The third-order valence-electron chi connectivity index (χ3n) is 4.52. The molecule has 0 radical (unpaired) electrons. The molecule has 1 aliphatic heterocycles. The van der Waals surface area contributed by atoms with E-state index >= 15 is 0 Å². The maximum atomic E-state index is 12.2. The smallest absolute Gasteiger partial charge is 0.419 e. The average molecular weight is 353 g/mol. The summed E-state index contributed by atoms with van der Waals surface area (Å²) in [6.07, 6.45) is 0.182. The number of rotatable bonds is 2. The normalized spacial score (nSPS) is 16.2. The van der Waals surface area contributed by atoms with Crippen molar-refractivity contribution in [1.29, 1.82) is 0 Å². The van der Waals surface area contributed by atoms with Crippen molar-refractivity contribution in [3.05, 3.63) is 57.8 Å². The van der Waals surface area contributed by atoms with Crippen LogP contribution in [0.3, 0.4) is 0 Å². The van der Waals surface area contributed by atoms with Crippen LogP contribution in [0.5, 0.6) is 0 Å². The summed E-state index contributed by atoms with van der Waals surface area (Å²) in [5.74, 6) is -1.54. The first-order chi connectivity index (χ1) is 12.5. The Balaban J connectivity index is 1.89. The van der Waals surface area contributed by atoms with Crippen molar-refractivity contribution in [2.24, 2.45) is 7.05 Å². The van der Waals surface area contributed by atoms with Gasteiger partial charge in [-0.1, -0.05) is 6.07 Å². The van der Waals surface area contributed by atoms with Crippen LogP contribution in [0.4, 0.5) is 5.69 Å². The number of benzene rings is 1. The van der Waals surface area contributed by atoms with Crippen LogP contribution in [0.25, 0.3) is 11.1 Å². The number of pyridine rings is 1. The number of anilines is 1. The third-order valence-corrected chi connectivity index (χ3v) is 4.52. The van der Waals surface area contributed by atoms with E-state index < -0.39 is 11.7 Å². The molecule has 26 heavy (non-hydrogen) atoms. The molecule has 132 valence electrons. The second-order valence-corrected chi connectivity index (χ2v) is 6.08. The molecule has 1 aliphatic rings. The molecule has 0 bridgehead atoms. The molecule has 0 aliphatic carbocycles. The highest BCUT2D eigenvalue weighted by atomic mass is 16.5. The van der Waals surface area contributed by atoms with Gasteiger partial charge in [0.25, 0.3) is 0 Å². The molecule has 1 aromatic carbocycles. The molecular weight excluding hydrogens is 338 g/mol. The monoisotopic (exact) mass is 353 g/mol. The summed E-state index contributed by atoms with van der Waals surface area (Å²) >= 11 is 0. The van der Waals surface area contributed by atoms with Crippen LogP contribution in [-0.4, -0.2) is 28.5 Å². The fourth-order valence-electron chi connectivity index (χ4n) is 3.21. The number of carbonyl (C=O) groups is 2. The number of aromatic nitrogens is 2. The second kappa shape index (κ2) is 5.83. The van der Waals surface area contributed by atoms with Gasteiger partial charge in [-0.05, 0) is 23.8 Å². The van der Waals surface area contributed by atoms with E-state index in [1.165, 1.54) is 11.7 Å². The van der Waals surface area contributed by atoms with Crippen molar-refractivity contribution >= 4 is 28.7 Å². The fraction of sp³-hybridized carbons (Fsp3) is 0.222.